The van der Waals surface area contributed by atoms with Gasteiger partial charge in [-0.3, -0.25) is 0 Å². The van der Waals surface area contributed by atoms with E-state index in [1.54, 1.807) is 11.3 Å². The van der Waals surface area contributed by atoms with Gasteiger partial charge in [0.2, 0.25) is 0 Å². The molecule has 0 amide bonds. The minimum Gasteiger partial charge on any atom is -0.148 e. The van der Waals surface area contributed by atoms with E-state index in [1.165, 1.54) is 14.9 Å². The van der Waals surface area contributed by atoms with Gasteiger partial charge in [-0.1, -0.05) is 28.1 Å². The van der Waals surface area contributed by atoms with Crippen LogP contribution in [-0.4, -0.2) is 5.88 Å². The molecule has 0 aliphatic rings. The lowest BCUT2D eigenvalue weighted by Gasteiger charge is -2.13. The van der Waals surface area contributed by atoms with Crippen molar-refractivity contribution in [2.75, 3.05) is 5.88 Å². The second-order valence-electron chi connectivity index (χ2n) is 4.25. The predicted molar refractivity (Wildman–Crippen MR) is 87.8 cm³/mol. The van der Waals surface area contributed by atoms with Gasteiger partial charge in [-0.05, 0) is 63.8 Å². The lowest BCUT2D eigenvalue weighted by Crippen LogP contribution is -2.09. The molecule has 0 saturated carbocycles. The van der Waals surface area contributed by atoms with Crippen LogP contribution in [0.25, 0.3) is 0 Å². The van der Waals surface area contributed by atoms with Crippen LogP contribution >= 0.6 is 54.8 Å². The van der Waals surface area contributed by atoms with Crippen LogP contribution in [0.5, 0.6) is 0 Å². The molecule has 0 bridgehead atoms. The molecule has 0 spiro atoms. The predicted octanol–water partition coefficient (Wildman–Crippen LogP) is 5.91. The summed E-state index contributed by atoms with van der Waals surface area (Å²) in [4.78, 5) is 1.39. The molecule has 1 unspecified atom stereocenters. The maximum absolute atomic E-state index is 6.10. The summed E-state index contributed by atoms with van der Waals surface area (Å²) in [6, 6.07) is 10.6. The number of alkyl halides is 1. The summed E-state index contributed by atoms with van der Waals surface area (Å²) in [5.74, 6) is 1.18. The van der Waals surface area contributed by atoms with Gasteiger partial charge in [-0.25, -0.2) is 0 Å². The first-order valence-corrected chi connectivity index (χ1v) is 8.71. The smallest absolute Gasteiger partial charge is 0.0314 e. The van der Waals surface area contributed by atoms with E-state index in [0.717, 1.165) is 17.3 Å². The number of benzene rings is 1. The van der Waals surface area contributed by atoms with Crippen molar-refractivity contribution in [2.45, 2.75) is 12.8 Å². The minimum atomic E-state index is 0.489. The minimum absolute atomic E-state index is 0.489. The van der Waals surface area contributed by atoms with Gasteiger partial charge in [0.1, 0.15) is 0 Å². The normalized spacial score (nSPS) is 12.6. The fraction of sp³-hybridized carbons (Fsp3) is 0.286. The molecule has 96 valence electrons. The molecule has 1 atom stereocenters. The summed E-state index contributed by atoms with van der Waals surface area (Å²) in [6.45, 7) is 0. The zero-order valence-electron chi connectivity index (χ0n) is 9.70. The monoisotopic (exact) mass is 406 g/mol. The van der Waals surface area contributed by atoms with E-state index in [2.05, 4.69) is 67.6 Å². The second-order valence-corrected chi connectivity index (χ2v) is 7.33. The van der Waals surface area contributed by atoms with Crippen molar-refractivity contribution in [3.8, 4) is 0 Å². The van der Waals surface area contributed by atoms with Gasteiger partial charge in [0.15, 0.2) is 0 Å². The van der Waals surface area contributed by atoms with E-state index in [-0.39, 0.29) is 0 Å². The van der Waals surface area contributed by atoms with Crippen LogP contribution in [0.3, 0.4) is 0 Å². The first kappa shape index (κ1) is 14.6. The number of thiophene rings is 1. The van der Waals surface area contributed by atoms with Gasteiger partial charge in [-0.15, -0.1) is 22.9 Å². The summed E-state index contributed by atoms with van der Waals surface area (Å²) in [5.41, 5.74) is 1.34. The van der Waals surface area contributed by atoms with Crippen LogP contribution in [0.4, 0.5) is 0 Å². The first-order chi connectivity index (χ1) is 8.69. The van der Waals surface area contributed by atoms with Crippen molar-refractivity contribution in [1.82, 2.24) is 0 Å². The van der Waals surface area contributed by atoms with E-state index in [4.69, 9.17) is 11.6 Å². The van der Waals surface area contributed by atoms with Crippen molar-refractivity contribution in [3.05, 3.63) is 55.1 Å². The van der Waals surface area contributed by atoms with E-state index in [0.29, 0.717) is 11.8 Å². The molecular weight excluding hydrogens is 395 g/mol. The molecule has 1 aromatic carbocycles. The van der Waals surface area contributed by atoms with Gasteiger partial charge < -0.3 is 0 Å². The Hall–Kier alpha value is 0.170. The lowest BCUT2D eigenvalue weighted by molar-refractivity contribution is 0.588. The molecule has 0 aliphatic carbocycles. The average molecular weight is 409 g/mol. The molecule has 0 N–H and O–H groups in total. The van der Waals surface area contributed by atoms with Crippen LogP contribution in [0.15, 0.2) is 44.7 Å². The van der Waals surface area contributed by atoms with Crippen molar-refractivity contribution in [2.24, 2.45) is 5.92 Å². The third-order valence-corrected chi connectivity index (χ3v) is 5.73. The largest absolute Gasteiger partial charge is 0.148 e. The molecule has 0 radical (unpaired) electrons. The number of hydrogen-bond donors (Lipinski definition) is 0. The van der Waals surface area contributed by atoms with E-state index >= 15 is 0 Å². The average Bonchev–Trinajstić information content (AvgIpc) is 2.77. The molecule has 0 fully saturated rings. The summed E-state index contributed by atoms with van der Waals surface area (Å²) < 4.78 is 2.33. The van der Waals surface area contributed by atoms with Gasteiger partial charge >= 0.3 is 0 Å². The molecule has 1 heterocycles. The standard InChI is InChI=1S/C14H13Br2ClS/c15-12-3-1-10(2-4-12)7-11(9-17)8-14-13(16)5-6-18-14/h1-6,11H,7-9H2. The Kier molecular flexibility index (Phi) is 5.74. The Morgan fingerprint density at radius 2 is 1.78 bits per heavy atom. The second kappa shape index (κ2) is 7.09. The Bertz CT molecular complexity index is 493. The van der Waals surface area contributed by atoms with Crippen LogP contribution in [0.1, 0.15) is 10.4 Å². The van der Waals surface area contributed by atoms with Crippen LogP contribution < -0.4 is 0 Å². The van der Waals surface area contributed by atoms with Crippen molar-refractivity contribution in [1.29, 1.82) is 0 Å². The number of halogens is 3. The molecule has 2 aromatic rings. The first-order valence-electron chi connectivity index (χ1n) is 5.71. The Labute approximate surface area is 134 Å². The van der Waals surface area contributed by atoms with Gasteiger partial charge in [0.05, 0.1) is 0 Å². The van der Waals surface area contributed by atoms with Crippen molar-refractivity contribution in [3.63, 3.8) is 0 Å². The number of hydrogen-bond acceptors (Lipinski definition) is 1. The van der Waals surface area contributed by atoms with Crippen LogP contribution in [0, 0.1) is 5.92 Å². The maximum Gasteiger partial charge on any atom is 0.0314 e. The van der Waals surface area contributed by atoms with Crippen molar-refractivity contribution >= 4 is 54.8 Å². The quantitative estimate of drug-likeness (QED) is 0.539. The summed E-state index contributed by atoms with van der Waals surface area (Å²) >= 11 is 14.9. The lowest BCUT2D eigenvalue weighted by atomic mass is 9.97. The molecular formula is C14H13Br2ClS. The zero-order chi connectivity index (χ0) is 13.0. The van der Waals surface area contributed by atoms with E-state index in [9.17, 15) is 0 Å². The fourth-order valence-electron chi connectivity index (χ4n) is 1.87. The maximum atomic E-state index is 6.10. The number of rotatable bonds is 5. The van der Waals surface area contributed by atoms with Crippen LogP contribution in [0.2, 0.25) is 0 Å². The Morgan fingerprint density at radius 1 is 1.06 bits per heavy atom. The summed E-state index contributed by atoms with van der Waals surface area (Å²) in [5, 5.41) is 2.12. The SMILES string of the molecule is ClCC(Cc1ccc(Br)cc1)Cc1sccc1Br. The molecule has 2 rings (SSSR count). The molecule has 1 aromatic heterocycles. The Balaban J connectivity index is 2.01. The third-order valence-electron chi connectivity index (χ3n) is 2.82. The zero-order valence-corrected chi connectivity index (χ0v) is 14.4. The molecule has 18 heavy (non-hydrogen) atoms. The van der Waals surface area contributed by atoms with Crippen LogP contribution in [-0.2, 0) is 12.8 Å². The highest BCUT2D eigenvalue weighted by Crippen LogP contribution is 2.27. The highest BCUT2D eigenvalue weighted by Gasteiger charge is 2.12. The molecule has 0 saturated heterocycles. The topological polar surface area (TPSA) is 0 Å². The summed E-state index contributed by atoms with van der Waals surface area (Å²) in [7, 11) is 0. The Morgan fingerprint density at radius 3 is 2.33 bits per heavy atom. The molecule has 4 heteroatoms. The van der Waals surface area contributed by atoms with Crippen molar-refractivity contribution < 1.29 is 0 Å². The van der Waals surface area contributed by atoms with Gasteiger partial charge in [-0.2, -0.15) is 0 Å². The summed E-state index contributed by atoms with van der Waals surface area (Å²) in [6.07, 6.45) is 2.07. The van der Waals surface area contributed by atoms with Gasteiger partial charge in [0.25, 0.3) is 0 Å². The highest BCUT2D eigenvalue weighted by atomic mass is 79.9. The fourth-order valence-corrected chi connectivity index (χ4v) is 3.98. The van der Waals surface area contributed by atoms with Gasteiger partial charge in [0, 0.05) is 19.7 Å². The van der Waals surface area contributed by atoms with E-state index in [1.807, 2.05) is 0 Å². The third kappa shape index (κ3) is 4.09. The highest BCUT2D eigenvalue weighted by molar-refractivity contribution is 9.10. The molecule has 0 aliphatic heterocycles. The molecule has 0 nitrogen and oxygen atoms in total. The van der Waals surface area contributed by atoms with E-state index < -0.39 is 0 Å².